The Bertz CT molecular complexity index is 566. The van der Waals surface area contributed by atoms with Gasteiger partial charge in [-0.2, -0.15) is 0 Å². The molecule has 1 aromatic heterocycles. The number of ether oxygens (including phenoxy) is 2. The van der Waals surface area contributed by atoms with Gasteiger partial charge in [-0.3, -0.25) is 4.65 Å². The highest BCUT2D eigenvalue weighted by Crippen LogP contribution is 2.36. The predicted octanol–water partition coefficient (Wildman–Crippen LogP) is 1.41. The molecule has 0 aliphatic carbocycles. The lowest BCUT2D eigenvalue weighted by molar-refractivity contribution is -0.164. The summed E-state index contributed by atoms with van der Waals surface area (Å²) in [6.07, 6.45) is 0.116. The molecule has 0 amide bonds. The number of hydroxylamine groups is 2. The first kappa shape index (κ1) is 17.1. The molecule has 2 aliphatic heterocycles. The Balaban J connectivity index is 1.75. The monoisotopic (exact) mass is 360 g/mol. The van der Waals surface area contributed by atoms with Crippen molar-refractivity contribution in [1.29, 1.82) is 0 Å². The van der Waals surface area contributed by atoms with E-state index in [1.165, 1.54) is 11.3 Å². The number of hydrogen-bond acceptors (Lipinski definition) is 9. The molecular formula is C13H20N4O4S2. The number of carbonyl (C=O) groups excluding carboxylic acids is 1. The number of thioether (sulfide) groups is 1. The van der Waals surface area contributed by atoms with Crippen LogP contribution < -0.4 is 4.65 Å². The van der Waals surface area contributed by atoms with Gasteiger partial charge in [0.1, 0.15) is 6.67 Å². The van der Waals surface area contributed by atoms with Gasteiger partial charge in [0.15, 0.2) is 10.4 Å². The number of rotatable bonds is 5. The van der Waals surface area contributed by atoms with E-state index in [1.807, 2.05) is 18.9 Å². The van der Waals surface area contributed by atoms with E-state index >= 15 is 0 Å². The summed E-state index contributed by atoms with van der Waals surface area (Å²) < 4.78 is 10.8. The lowest BCUT2D eigenvalue weighted by Crippen LogP contribution is -2.51. The molecule has 1 aromatic rings. The highest BCUT2D eigenvalue weighted by molar-refractivity contribution is 8.01. The van der Waals surface area contributed by atoms with Gasteiger partial charge in [0.25, 0.3) is 6.23 Å². The van der Waals surface area contributed by atoms with Crippen LogP contribution in [-0.4, -0.2) is 66.0 Å². The average Bonchev–Trinajstić information content (AvgIpc) is 3.21. The van der Waals surface area contributed by atoms with Gasteiger partial charge in [-0.05, 0) is 37.0 Å². The molecule has 0 spiro atoms. The van der Waals surface area contributed by atoms with Crippen molar-refractivity contribution in [2.24, 2.45) is 0 Å². The maximum absolute atomic E-state index is 13.3. The molecule has 0 radical (unpaired) electrons. The van der Waals surface area contributed by atoms with E-state index in [-0.39, 0.29) is 6.67 Å². The molecule has 0 N–H and O–H groups in total. The topological polar surface area (TPSA) is 87.6 Å². The van der Waals surface area contributed by atoms with Crippen LogP contribution in [0.15, 0.2) is 4.34 Å². The van der Waals surface area contributed by atoms with Crippen LogP contribution in [0.3, 0.4) is 0 Å². The minimum atomic E-state index is -0.830. The van der Waals surface area contributed by atoms with Crippen molar-refractivity contribution < 1.29 is 14.3 Å². The molecule has 3 unspecified atom stereocenters. The summed E-state index contributed by atoms with van der Waals surface area (Å²) in [7, 11) is 1.83. The minimum Gasteiger partial charge on any atom is -0.622 e. The third-order valence-electron chi connectivity index (χ3n) is 3.82. The van der Waals surface area contributed by atoms with Gasteiger partial charge in [0.05, 0.1) is 6.54 Å². The van der Waals surface area contributed by atoms with Gasteiger partial charge in [-0.15, -0.1) is 5.10 Å². The van der Waals surface area contributed by atoms with Crippen molar-refractivity contribution in [3.63, 3.8) is 0 Å². The predicted molar refractivity (Wildman–Crippen MR) is 87.8 cm³/mol. The van der Waals surface area contributed by atoms with Gasteiger partial charge in [0.2, 0.25) is 0 Å². The second-order valence-electron chi connectivity index (χ2n) is 5.65. The lowest BCUT2D eigenvalue weighted by Gasteiger charge is -2.38. The Morgan fingerprint density at radius 3 is 3.13 bits per heavy atom. The Hall–Kier alpha value is -0.780. The standard InChI is InChI=1S/C13H20N4O4S2/c1-3-22-13-15-14-12(23-13)17(19)8-16(2)7-10(17)21-11(18)9-5-4-6-20-9/h9-10H,3-8H2,1-2H3. The second-order valence-corrected chi connectivity index (χ2v) is 8.12. The van der Waals surface area contributed by atoms with Crippen LogP contribution in [0, 0.1) is 5.21 Å². The lowest BCUT2D eigenvalue weighted by atomic mass is 10.2. The molecule has 10 heteroatoms. The molecule has 23 heavy (non-hydrogen) atoms. The van der Waals surface area contributed by atoms with Crippen LogP contribution in [-0.2, 0) is 14.3 Å². The Kier molecular flexibility index (Phi) is 5.19. The zero-order chi connectivity index (χ0) is 16.4. The summed E-state index contributed by atoms with van der Waals surface area (Å²) >= 11 is 2.81. The Labute approximate surface area is 142 Å². The molecule has 2 saturated heterocycles. The summed E-state index contributed by atoms with van der Waals surface area (Å²) in [6, 6.07) is 0. The number of nitrogens with zero attached hydrogens (tertiary/aromatic N) is 4. The van der Waals surface area contributed by atoms with E-state index in [1.54, 1.807) is 11.8 Å². The Morgan fingerprint density at radius 2 is 2.43 bits per heavy atom. The number of likely N-dealkylation sites (N-methyl/N-ethyl adjacent to an activating group) is 1. The molecule has 0 bridgehead atoms. The zero-order valence-electron chi connectivity index (χ0n) is 13.1. The fourth-order valence-electron chi connectivity index (χ4n) is 2.72. The molecule has 3 atom stereocenters. The van der Waals surface area contributed by atoms with Crippen LogP contribution in [0.25, 0.3) is 0 Å². The van der Waals surface area contributed by atoms with Crippen LogP contribution in [0.2, 0.25) is 0 Å². The molecule has 8 nitrogen and oxygen atoms in total. The molecule has 2 aliphatic rings. The third-order valence-corrected chi connectivity index (χ3v) is 5.87. The van der Waals surface area contributed by atoms with E-state index in [0.717, 1.165) is 16.5 Å². The van der Waals surface area contributed by atoms with E-state index in [4.69, 9.17) is 9.47 Å². The first-order valence-electron chi connectivity index (χ1n) is 7.59. The summed E-state index contributed by atoms with van der Waals surface area (Å²) in [5.74, 6) is 0.416. The maximum atomic E-state index is 13.3. The first-order valence-corrected chi connectivity index (χ1v) is 9.39. The normalized spacial score (nSPS) is 31.6. The van der Waals surface area contributed by atoms with Gasteiger partial charge in [-0.1, -0.05) is 23.8 Å². The summed E-state index contributed by atoms with van der Waals surface area (Å²) in [6.45, 7) is 3.14. The zero-order valence-corrected chi connectivity index (χ0v) is 14.8. The van der Waals surface area contributed by atoms with Crippen LogP contribution in [0.1, 0.15) is 19.8 Å². The van der Waals surface area contributed by atoms with Gasteiger partial charge in [-0.25, -0.2) is 9.69 Å². The van der Waals surface area contributed by atoms with E-state index in [9.17, 15) is 10.0 Å². The van der Waals surface area contributed by atoms with Gasteiger partial charge < -0.3 is 14.7 Å². The third kappa shape index (κ3) is 3.52. The summed E-state index contributed by atoms with van der Waals surface area (Å²) in [4.78, 5) is 14.0. The minimum absolute atomic E-state index is 0.189. The molecule has 128 valence electrons. The van der Waals surface area contributed by atoms with E-state index in [2.05, 4.69) is 10.2 Å². The number of aromatic nitrogens is 2. The van der Waals surface area contributed by atoms with Gasteiger partial charge >= 0.3 is 11.1 Å². The van der Waals surface area contributed by atoms with Gasteiger partial charge in [0, 0.05) is 6.61 Å². The summed E-state index contributed by atoms with van der Waals surface area (Å²) in [5.41, 5.74) is 0. The molecule has 0 aromatic carbocycles. The van der Waals surface area contributed by atoms with Crippen molar-refractivity contribution >= 4 is 34.2 Å². The van der Waals surface area contributed by atoms with Crippen LogP contribution >= 0.6 is 23.1 Å². The fourth-order valence-corrected chi connectivity index (χ4v) is 4.53. The van der Waals surface area contributed by atoms with E-state index in [0.29, 0.717) is 24.7 Å². The van der Waals surface area contributed by atoms with Crippen molar-refractivity contribution in [3.05, 3.63) is 5.21 Å². The van der Waals surface area contributed by atoms with Crippen molar-refractivity contribution in [2.75, 3.05) is 32.6 Å². The molecule has 2 fully saturated rings. The number of hydrogen-bond donors (Lipinski definition) is 0. The summed E-state index contributed by atoms with van der Waals surface area (Å²) in [5, 5.41) is 21.7. The molecule has 0 saturated carbocycles. The highest BCUT2D eigenvalue weighted by atomic mass is 32.2. The van der Waals surface area contributed by atoms with Crippen LogP contribution in [0.5, 0.6) is 0 Å². The quantitative estimate of drug-likeness (QED) is 0.337. The van der Waals surface area contributed by atoms with Crippen molar-refractivity contribution in [1.82, 2.24) is 19.7 Å². The van der Waals surface area contributed by atoms with E-state index < -0.39 is 22.9 Å². The molecular weight excluding hydrogens is 340 g/mol. The fraction of sp³-hybridized carbons (Fsp3) is 0.769. The smallest absolute Gasteiger partial charge is 0.339 e. The molecule has 3 rings (SSSR count). The number of carbonyl (C=O) groups is 1. The highest BCUT2D eigenvalue weighted by Gasteiger charge is 2.46. The number of esters is 1. The largest absolute Gasteiger partial charge is 0.622 e. The second kappa shape index (κ2) is 6.99. The maximum Gasteiger partial charge on any atom is 0.339 e. The Morgan fingerprint density at radius 1 is 1.61 bits per heavy atom. The average molecular weight is 360 g/mol. The number of quaternary nitrogens is 1. The first-order chi connectivity index (χ1) is 11.0. The SMILES string of the molecule is CCSc1nnc([N+]2([O-])CN(C)CC2OC(=O)C2CCCO2)s1. The molecule has 3 heterocycles. The van der Waals surface area contributed by atoms with Crippen molar-refractivity contribution in [3.8, 4) is 0 Å². The van der Waals surface area contributed by atoms with Crippen LogP contribution in [0.4, 0.5) is 5.13 Å². The van der Waals surface area contributed by atoms with Crippen molar-refractivity contribution in [2.45, 2.75) is 36.4 Å².